The predicted octanol–water partition coefficient (Wildman–Crippen LogP) is 2.81. The average Bonchev–Trinajstić information content (AvgIpc) is 2.37. The number of carboxylic acids is 1. The molecule has 0 aliphatic rings. The lowest BCUT2D eigenvalue weighted by atomic mass is 10.1. The molecule has 0 heterocycles. The summed E-state index contributed by atoms with van der Waals surface area (Å²) in [5, 5.41) is 30.2. The van der Waals surface area contributed by atoms with Crippen LogP contribution in [0.5, 0.6) is 11.5 Å². The van der Waals surface area contributed by atoms with Gasteiger partial charge in [0.25, 0.3) is 5.91 Å². The Labute approximate surface area is 127 Å². The van der Waals surface area contributed by atoms with Gasteiger partial charge in [0.2, 0.25) is 0 Å². The number of hydrogen-bond acceptors (Lipinski definition) is 4. The molecule has 7 heteroatoms. The lowest BCUT2D eigenvalue weighted by Crippen LogP contribution is -2.12. The molecule has 0 saturated carbocycles. The van der Waals surface area contributed by atoms with Gasteiger partial charge in [0.1, 0.15) is 11.5 Å². The number of carbonyl (C=O) groups excluding carboxylic acids is 1. The normalized spacial score (nSPS) is 10.1. The summed E-state index contributed by atoms with van der Waals surface area (Å²) in [4.78, 5) is 23.0. The molecule has 0 aromatic heterocycles. The van der Waals surface area contributed by atoms with Crippen LogP contribution in [0, 0.1) is 0 Å². The molecule has 1 amide bonds. The summed E-state index contributed by atoms with van der Waals surface area (Å²) in [5.74, 6) is -2.29. The molecule has 6 nitrogen and oxygen atoms in total. The molecule has 4 N–H and O–H groups in total. The summed E-state index contributed by atoms with van der Waals surface area (Å²) in [6.45, 7) is 0. The molecular formula is C14H10BrNO5. The highest BCUT2D eigenvalue weighted by Gasteiger charge is 2.13. The summed E-state index contributed by atoms with van der Waals surface area (Å²) in [6.07, 6.45) is 0. The molecule has 0 spiro atoms. The minimum absolute atomic E-state index is 0.00889. The lowest BCUT2D eigenvalue weighted by molar-refractivity contribution is 0.0696. The van der Waals surface area contributed by atoms with E-state index >= 15 is 0 Å². The van der Waals surface area contributed by atoms with E-state index in [1.165, 1.54) is 30.3 Å². The number of carbonyl (C=O) groups is 2. The molecule has 0 fully saturated rings. The van der Waals surface area contributed by atoms with Crippen molar-refractivity contribution in [3.8, 4) is 11.5 Å². The maximum absolute atomic E-state index is 12.0. The van der Waals surface area contributed by atoms with E-state index in [1.807, 2.05) is 0 Å². The molecule has 0 bridgehead atoms. The third kappa shape index (κ3) is 3.51. The first-order valence-electron chi connectivity index (χ1n) is 5.74. The number of nitrogens with one attached hydrogen (secondary N) is 1. The second-order valence-corrected chi connectivity index (χ2v) is 5.10. The van der Waals surface area contributed by atoms with Gasteiger partial charge in [-0.15, -0.1) is 0 Å². The first-order valence-corrected chi connectivity index (χ1v) is 6.53. The van der Waals surface area contributed by atoms with Crippen LogP contribution in [0.1, 0.15) is 20.7 Å². The van der Waals surface area contributed by atoms with Gasteiger partial charge in [-0.3, -0.25) is 4.79 Å². The van der Waals surface area contributed by atoms with Crippen LogP contribution in [-0.4, -0.2) is 27.2 Å². The van der Waals surface area contributed by atoms with E-state index in [4.69, 9.17) is 5.11 Å². The van der Waals surface area contributed by atoms with E-state index < -0.39 is 11.9 Å². The fourth-order valence-corrected chi connectivity index (χ4v) is 2.19. The SMILES string of the molecule is O=C(O)c1cc(Br)cc(NC(=O)c2ccc(O)cc2O)c1. The number of carboxylic acid groups (broad SMARTS) is 1. The van der Waals surface area contributed by atoms with Gasteiger partial charge in [0.15, 0.2) is 0 Å². The Morgan fingerprint density at radius 2 is 1.76 bits per heavy atom. The summed E-state index contributed by atoms with van der Waals surface area (Å²) in [5.41, 5.74) is 0.235. The maximum atomic E-state index is 12.0. The highest BCUT2D eigenvalue weighted by atomic mass is 79.9. The predicted molar refractivity (Wildman–Crippen MR) is 78.8 cm³/mol. The molecule has 21 heavy (non-hydrogen) atoms. The van der Waals surface area contributed by atoms with Gasteiger partial charge in [-0.25, -0.2) is 4.79 Å². The zero-order valence-corrected chi connectivity index (χ0v) is 12.1. The van der Waals surface area contributed by atoms with E-state index in [-0.39, 0.29) is 28.3 Å². The lowest BCUT2D eigenvalue weighted by Gasteiger charge is -2.08. The summed E-state index contributed by atoms with van der Waals surface area (Å²) in [6, 6.07) is 7.78. The van der Waals surface area contributed by atoms with Crippen LogP contribution in [0.4, 0.5) is 5.69 Å². The van der Waals surface area contributed by atoms with Gasteiger partial charge in [0, 0.05) is 16.2 Å². The van der Waals surface area contributed by atoms with E-state index in [1.54, 1.807) is 0 Å². The van der Waals surface area contributed by atoms with Crippen LogP contribution >= 0.6 is 15.9 Å². The molecule has 108 valence electrons. The molecule has 2 aromatic rings. The number of benzene rings is 2. The number of hydrogen-bond donors (Lipinski definition) is 4. The minimum Gasteiger partial charge on any atom is -0.508 e. The molecule has 0 radical (unpaired) electrons. The highest BCUT2D eigenvalue weighted by molar-refractivity contribution is 9.10. The van der Waals surface area contributed by atoms with Gasteiger partial charge in [0.05, 0.1) is 11.1 Å². The van der Waals surface area contributed by atoms with Crippen molar-refractivity contribution in [1.82, 2.24) is 0 Å². The van der Waals surface area contributed by atoms with Crippen LogP contribution in [0.25, 0.3) is 0 Å². The average molecular weight is 352 g/mol. The molecule has 0 aliphatic carbocycles. The van der Waals surface area contributed by atoms with Crippen LogP contribution in [0.3, 0.4) is 0 Å². The van der Waals surface area contributed by atoms with Crippen LogP contribution < -0.4 is 5.32 Å². The Kier molecular flexibility index (Phi) is 4.13. The van der Waals surface area contributed by atoms with Gasteiger partial charge < -0.3 is 20.6 Å². The number of anilines is 1. The molecule has 2 rings (SSSR count). The number of aromatic hydroxyl groups is 2. The molecular weight excluding hydrogens is 342 g/mol. The van der Waals surface area contributed by atoms with Crippen LogP contribution in [0.15, 0.2) is 40.9 Å². The van der Waals surface area contributed by atoms with E-state index in [2.05, 4.69) is 21.2 Å². The van der Waals surface area contributed by atoms with Crippen molar-refractivity contribution in [1.29, 1.82) is 0 Å². The Bertz CT molecular complexity index is 729. The largest absolute Gasteiger partial charge is 0.508 e. The molecule has 0 aliphatic heterocycles. The number of halogens is 1. The number of aromatic carboxylic acids is 1. The third-order valence-corrected chi connectivity index (χ3v) is 3.09. The van der Waals surface area contributed by atoms with Crippen molar-refractivity contribution < 1.29 is 24.9 Å². The molecule has 0 atom stereocenters. The zero-order chi connectivity index (χ0) is 15.6. The van der Waals surface area contributed by atoms with E-state index in [0.717, 1.165) is 6.07 Å². The number of phenolic OH excluding ortho intramolecular Hbond substituents is 2. The Morgan fingerprint density at radius 1 is 1.05 bits per heavy atom. The molecule has 0 saturated heterocycles. The van der Waals surface area contributed by atoms with Gasteiger partial charge >= 0.3 is 5.97 Å². The molecule has 2 aromatic carbocycles. The topological polar surface area (TPSA) is 107 Å². The third-order valence-electron chi connectivity index (χ3n) is 2.63. The van der Waals surface area contributed by atoms with E-state index in [0.29, 0.717) is 4.47 Å². The van der Waals surface area contributed by atoms with Crippen molar-refractivity contribution in [2.75, 3.05) is 5.32 Å². The minimum atomic E-state index is -1.13. The highest BCUT2D eigenvalue weighted by Crippen LogP contribution is 2.25. The second kappa shape index (κ2) is 5.84. The van der Waals surface area contributed by atoms with Crippen LogP contribution in [-0.2, 0) is 0 Å². The Hall–Kier alpha value is -2.54. The zero-order valence-electron chi connectivity index (χ0n) is 10.5. The fraction of sp³-hybridized carbons (Fsp3) is 0. The number of phenols is 2. The van der Waals surface area contributed by atoms with E-state index in [9.17, 15) is 19.8 Å². The first kappa shape index (κ1) is 14.9. The summed E-state index contributed by atoms with van der Waals surface area (Å²) < 4.78 is 0.493. The van der Waals surface area contributed by atoms with Crippen LogP contribution in [0.2, 0.25) is 0 Å². The Morgan fingerprint density at radius 3 is 2.38 bits per heavy atom. The van der Waals surface area contributed by atoms with Crippen molar-refractivity contribution >= 4 is 33.5 Å². The first-order chi connectivity index (χ1) is 9.86. The number of rotatable bonds is 3. The molecule has 0 unspecified atom stereocenters. The van der Waals surface area contributed by atoms with Crippen molar-refractivity contribution in [2.45, 2.75) is 0 Å². The van der Waals surface area contributed by atoms with Crippen molar-refractivity contribution in [3.05, 3.63) is 52.0 Å². The monoisotopic (exact) mass is 351 g/mol. The summed E-state index contributed by atoms with van der Waals surface area (Å²) in [7, 11) is 0. The van der Waals surface area contributed by atoms with Crippen molar-refractivity contribution in [2.24, 2.45) is 0 Å². The summed E-state index contributed by atoms with van der Waals surface area (Å²) >= 11 is 3.15. The van der Waals surface area contributed by atoms with Gasteiger partial charge in [-0.1, -0.05) is 15.9 Å². The smallest absolute Gasteiger partial charge is 0.335 e. The standard InChI is InChI=1S/C14H10BrNO5/c15-8-3-7(14(20)21)4-9(5-8)16-13(19)11-2-1-10(17)6-12(11)18/h1-6,17-18H,(H,16,19)(H,20,21). The fourth-order valence-electron chi connectivity index (χ4n) is 1.70. The number of amides is 1. The Balaban J connectivity index is 2.29. The van der Waals surface area contributed by atoms with Gasteiger partial charge in [-0.05, 0) is 30.3 Å². The van der Waals surface area contributed by atoms with Crippen molar-refractivity contribution in [3.63, 3.8) is 0 Å². The van der Waals surface area contributed by atoms with Gasteiger partial charge in [-0.2, -0.15) is 0 Å². The quantitative estimate of drug-likeness (QED) is 0.680. The maximum Gasteiger partial charge on any atom is 0.335 e. The second-order valence-electron chi connectivity index (χ2n) is 4.19.